The summed E-state index contributed by atoms with van der Waals surface area (Å²) in [5.41, 5.74) is 28.5. The summed E-state index contributed by atoms with van der Waals surface area (Å²) in [6.45, 7) is -0.450. The zero-order chi connectivity index (χ0) is 31.8. The summed E-state index contributed by atoms with van der Waals surface area (Å²) in [5.74, 6) is -1.69. The standard InChI is InChI=1S/C25H49N7O11/c26-8(6-33)4-31-5-13-12(35)2-10(28)21(41-13)16-9(27)1-11(32-24(39)25(40)3-15(25)29)22(19(16)37)43-23-20(38)17(30)18(36)14(7-34)42-23/h8-23,31,33-38,40H,1-7,26-30H2,(H,32,39)/t8?,9-,10+,11+,12-,13+,14+,15?,16?,17-,18+,19-,20+,21-,22-,23+,25?/m0/s1. The molecule has 2 aliphatic heterocycles. The number of hydrogen-bond donors (Lipinski definition) is 14. The highest BCUT2D eigenvalue weighted by molar-refractivity contribution is 5.89. The molecule has 0 aromatic carbocycles. The van der Waals surface area contributed by atoms with E-state index < -0.39 is 115 Å². The smallest absolute Gasteiger partial charge is 0.253 e. The second kappa shape index (κ2) is 14.1. The molecule has 2 aliphatic carbocycles. The molecule has 250 valence electrons. The first-order valence-electron chi connectivity index (χ1n) is 14.7. The van der Waals surface area contributed by atoms with Gasteiger partial charge in [-0.1, -0.05) is 0 Å². The van der Waals surface area contributed by atoms with Crippen LogP contribution in [0.2, 0.25) is 0 Å². The Morgan fingerprint density at radius 3 is 2.26 bits per heavy atom. The molecule has 4 aliphatic rings. The SMILES string of the molecule is NC(CO)CNC[C@H]1O[C@H](C2[C@@H](N)C[C@@H](NC(=O)C3(O)CC3N)[C@H](O[C@H]3O[C@H](CO)[C@@H](O)[C@H](N)[C@H]3O)[C@H]2O)[C@H](N)C[C@@H]1O. The van der Waals surface area contributed by atoms with Crippen LogP contribution in [0.1, 0.15) is 19.3 Å². The average Bonchev–Trinajstić information content (AvgIpc) is 3.59. The van der Waals surface area contributed by atoms with Crippen molar-refractivity contribution in [3.05, 3.63) is 0 Å². The Morgan fingerprint density at radius 1 is 0.977 bits per heavy atom. The van der Waals surface area contributed by atoms with E-state index >= 15 is 0 Å². The number of nitrogens with one attached hydrogen (secondary N) is 2. The van der Waals surface area contributed by atoms with Gasteiger partial charge in [-0.15, -0.1) is 0 Å². The van der Waals surface area contributed by atoms with Crippen LogP contribution in [0.5, 0.6) is 0 Å². The van der Waals surface area contributed by atoms with Gasteiger partial charge in [-0.2, -0.15) is 0 Å². The van der Waals surface area contributed by atoms with Crippen LogP contribution >= 0.6 is 0 Å². The number of ether oxygens (including phenoxy) is 3. The van der Waals surface area contributed by atoms with Gasteiger partial charge < -0.3 is 89.3 Å². The van der Waals surface area contributed by atoms with Crippen molar-refractivity contribution in [2.24, 2.45) is 34.6 Å². The Hall–Kier alpha value is -1.17. The summed E-state index contributed by atoms with van der Waals surface area (Å²) in [6, 6.07) is -5.15. The van der Waals surface area contributed by atoms with Crippen molar-refractivity contribution >= 4 is 5.91 Å². The molecule has 17 atom stereocenters. The highest BCUT2D eigenvalue weighted by Gasteiger charge is 2.59. The van der Waals surface area contributed by atoms with Crippen molar-refractivity contribution in [1.29, 1.82) is 0 Å². The van der Waals surface area contributed by atoms with E-state index in [4.69, 9.17) is 48.0 Å². The van der Waals surface area contributed by atoms with Gasteiger partial charge in [-0.25, -0.2) is 0 Å². The van der Waals surface area contributed by atoms with Crippen LogP contribution in [-0.4, -0.2) is 165 Å². The lowest BCUT2D eigenvalue weighted by Gasteiger charge is -2.51. The molecule has 19 N–H and O–H groups in total. The Morgan fingerprint density at radius 2 is 1.65 bits per heavy atom. The first-order valence-corrected chi connectivity index (χ1v) is 14.7. The minimum atomic E-state index is -1.80. The van der Waals surface area contributed by atoms with Crippen molar-refractivity contribution < 1.29 is 54.8 Å². The quantitative estimate of drug-likeness (QED) is 0.101. The summed E-state index contributed by atoms with van der Waals surface area (Å²) in [4.78, 5) is 12.9. The van der Waals surface area contributed by atoms with E-state index in [9.17, 15) is 35.4 Å². The fourth-order valence-corrected chi connectivity index (χ4v) is 6.26. The normalized spacial score (nSPS) is 49.3. The van der Waals surface area contributed by atoms with Crippen molar-refractivity contribution in [1.82, 2.24) is 10.6 Å². The number of rotatable bonds is 11. The minimum absolute atomic E-state index is 0.00772. The van der Waals surface area contributed by atoms with Gasteiger partial charge in [0.05, 0.1) is 49.7 Å². The lowest BCUT2D eigenvalue weighted by Crippen LogP contribution is -2.70. The number of aliphatic hydroxyl groups is 7. The number of amides is 1. The summed E-state index contributed by atoms with van der Waals surface area (Å²) in [6.07, 6.45) is -11.0. The molecule has 18 nitrogen and oxygen atoms in total. The van der Waals surface area contributed by atoms with E-state index in [2.05, 4.69) is 10.6 Å². The van der Waals surface area contributed by atoms with E-state index in [1.165, 1.54) is 0 Å². The molecule has 18 heteroatoms. The number of carbonyl (C=O) groups excluding carboxylic acids is 1. The maximum atomic E-state index is 12.9. The van der Waals surface area contributed by atoms with Gasteiger partial charge in [0.15, 0.2) is 11.9 Å². The fourth-order valence-electron chi connectivity index (χ4n) is 6.26. The Labute approximate surface area is 248 Å². The van der Waals surface area contributed by atoms with E-state index in [0.717, 1.165) is 0 Å². The fraction of sp³-hybridized carbons (Fsp3) is 0.960. The second-order valence-corrected chi connectivity index (χ2v) is 12.4. The molecule has 4 unspecified atom stereocenters. The molecule has 2 heterocycles. The largest absolute Gasteiger partial charge is 0.395 e. The van der Waals surface area contributed by atoms with Crippen molar-refractivity contribution in [2.45, 2.75) is 116 Å². The molecule has 2 saturated heterocycles. The van der Waals surface area contributed by atoms with Crippen molar-refractivity contribution in [3.63, 3.8) is 0 Å². The Bertz CT molecular complexity index is 942. The minimum Gasteiger partial charge on any atom is -0.395 e. The van der Waals surface area contributed by atoms with Crippen molar-refractivity contribution in [3.8, 4) is 0 Å². The predicted molar refractivity (Wildman–Crippen MR) is 147 cm³/mol. The van der Waals surface area contributed by atoms with Crippen LogP contribution in [0.15, 0.2) is 0 Å². The lowest BCUT2D eigenvalue weighted by molar-refractivity contribution is -0.306. The first kappa shape index (κ1) is 34.7. The zero-order valence-electron chi connectivity index (χ0n) is 23.8. The van der Waals surface area contributed by atoms with E-state index in [1.807, 2.05) is 0 Å². The molecule has 0 spiro atoms. The predicted octanol–water partition coefficient (Wildman–Crippen LogP) is -8.45. The number of nitrogens with two attached hydrogens (primary N) is 5. The first-order chi connectivity index (χ1) is 20.2. The highest BCUT2D eigenvalue weighted by atomic mass is 16.7. The molecule has 0 aromatic rings. The molecule has 43 heavy (non-hydrogen) atoms. The number of carbonyl (C=O) groups is 1. The third-order valence-corrected chi connectivity index (χ3v) is 9.13. The van der Waals surface area contributed by atoms with Crippen LogP contribution in [0.4, 0.5) is 0 Å². The third-order valence-electron chi connectivity index (χ3n) is 9.13. The molecular formula is C25H49N7O11. The van der Waals surface area contributed by atoms with Gasteiger partial charge >= 0.3 is 0 Å². The molecule has 4 rings (SSSR count). The summed E-state index contributed by atoms with van der Waals surface area (Å²) in [7, 11) is 0. The van der Waals surface area contributed by atoms with Crippen molar-refractivity contribution in [2.75, 3.05) is 26.3 Å². The molecule has 2 saturated carbocycles. The van der Waals surface area contributed by atoms with Crippen LogP contribution < -0.4 is 39.3 Å². The molecule has 4 fully saturated rings. The monoisotopic (exact) mass is 623 g/mol. The van der Waals surface area contributed by atoms with Gasteiger partial charge in [0.2, 0.25) is 0 Å². The van der Waals surface area contributed by atoms with Gasteiger partial charge in [0, 0.05) is 49.6 Å². The zero-order valence-corrected chi connectivity index (χ0v) is 23.8. The summed E-state index contributed by atoms with van der Waals surface area (Å²) in [5, 5.41) is 78.3. The summed E-state index contributed by atoms with van der Waals surface area (Å²) >= 11 is 0. The van der Waals surface area contributed by atoms with E-state index in [1.54, 1.807) is 0 Å². The lowest BCUT2D eigenvalue weighted by atomic mass is 9.72. The highest BCUT2D eigenvalue weighted by Crippen LogP contribution is 2.38. The van der Waals surface area contributed by atoms with Crippen LogP contribution in [-0.2, 0) is 19.0 Å². The Kier molecular flexibility index (Phi) is 11.4. The van der Waals surface area contributed by atoms with E-state index in [-0.39, 0.29) is 39.0 Å². The van der Waals surface area contributed by atoms with Crippen LogP contribution in [0.25, 0.3) is 0 Å². The topological polar surface area (TPSA) is 341 Å². The maximum absolute atomic E-state index is 12.9. The van der Waals surface area contributed by atoms with Gasteiger partial charge in [-0.3, -0.25) is 4.79 Å². The molecule has 0 radical (unpaired) electrons. The third kappa shape index (κ3) is 7.30. The van der Waals surface area contributed by atoms with Gasteiger partial charge in [0.25, 0.3) is 5.91 Å². The molecule has 0 aromatic heterocycles. The Balaban J connectivity index is 1.55. The van der Waals surface area contributed by atoms with Gasteiger partial charge in [-0.05, 0) is 12.8 Å². The van der Waals surface area contributed by atoms with Gasteiger partial charge in [0.1, 0.15) is 24.4 Å². The molecule has 0 bridgehead atoms. The van der Waals surface area contributed by atoms with E-state index in [0.29, 0.717) is 0 Å². The van der Waals surface area contributed by atoms with Crippen LogP contribution in [0, 0.1) is 5.92 Å². The summed E-state index contributed by atoms with van der Waals surface area (Å²) < 4.78 is 17.8. The maximum Gasteiger partial charge on any atom is 0.253 e. The number of aliphatic hydroxyl groups excluding tert-OH is 6. The van der Waals surface area contributed by atoms with Crippen LogP contribution in [0.3, 0.4) is 0 Å². The molecule has 1 amide bonds. The second-order valence-electron chi connectivity index (χ2n) is 12.4. The average molecular weight is 624 g/mol. The number of hydrogen-bond acceptors (Lipinski definition) is 17. The molecular weight excluding hydrogens is 574 g/mol.